The van der Waals surface area contributed by atoms with Crippen LogP contribution in [0.15, 0.2) is 0 Å². The van der Waals surface area contributed by atoms with Gasteiger partial charge in [0, 0.05) is 88.2 Å². The normalized spacial score (nSPS) is 21.9. The van der Waals surface area contributed by atoms with E-state index in [-0.39, 0.29) is 12.2 Å². The highest BCUT2D eigenvalue weighted by molar-refractivity contribution is 4.62. The second-order valence-corrected chi connectivity index (χ2v) is 10.7. The van der Waals surface area contributed by atoms with Crippen molar-refractivity contribution < 1.29 is 47.4 Å². The van der Waals surface area contributed by atoms with E-state index < -0.39 is 0 Å². The van der Waals surface area contributed by atoms with Gasteiger partial charge in [0.2, 0.25) is 0 Å². The minimum atomic E-state index is 0.227. The predicted octanol–water partition coefficient (Wildman–Crippen LogP) is 5.05. The molecule has 4 atom stereocenters. The van der Waals surface area contributed by atoms with Gasteiger partial charge in [0.25, 0.3) is 0 Å². The lowest BCUT2D eigenvalue weighted by molar-refractivity contribution is -0.0289. The maximum atomic E-state index is 5.39. The molecule has 0 N–H and O–H groups in total. The van der Waals surface area contributed by atoms with Crippen LogP contribution < -0.4 is 0 Å². The fourth-order valence-electron chi connectivity index (χ4n) is 4.10. The first kappa shape index (κ1) is 43.7. The zero-order valence-electron chi connectivity index (χ0n) is 28.7. The van der Waals surface area contributed by atoms with Crippen molar-refractivity contribution in [1.29, 1.82) is 0 Å². The zero-order valence-corrected chi connectivity index (χ0v) is 28.7. The molecule has 0 spiro atoms. The average Bonchev–Trinajstić information content (AvgIpc) is 3.03. The van der Waals surface area contributed by atoms with Gasteiger partial charge >= 0.3 is 0 Å². The Morgan fingerprint density at radius 3 is 1.67 bits per heavy atom. The molecule has 10 heteroatoms. The van der Waals surface area contributed by atoms with E-state index in [1.165, 1.54) is 44.9 Å². The fourth-order valence-corrected chi connectivity index (χ4v) is 4.10. The summed E-state index contributed by atoms with van der Waals surface area (Å²) in [6.07, 6.45) is 9.36. The van der Waals surface area contributed by atoms with Gasteiger partial charge in [0.1, 0.15) is 0 Å². The predicted molar refractivity (Wildman–Crippen MR) is 168 cm³/mol. The topological polar surface area (TPSA) is 92.3 Å². The van der Waals surface area contributed by atoms with Crippen molar-refractivity contribution >= 4 is 0 Å². The van der Waals surface area contributed by atoms with Crippen LogP contribution >= 0.6 is 0 Å². The molecule has 10 nitrogen and oxygen atoms in total. The van der Waals surface area contributed by atoms with Crippen LogP contribution in [-0.2, 0) is 47.4 Å². The van der Waals surface area contributed by atoms with Crippen LogP contribution in [0.1, 0.15) is 65.7 Å². The van der Waals surface area contributed by atoms with E-state index in [0.717, 1.165) is 65.4 Å². The van der Waals surface area contributed by atoms with Crippen molar-refractivity contribution in [1.82, 2.24) is 0 Å². The van der Waals surface area contributed by atoms with Gasteiger partial charge < -0.3 is 47.4 Å². The lowest BCUT2D eigenvalue weighted by atomic mass is 10.0. The van der Waals surface area contributed by atoms with Crippen LogP contribution in [0.25, 0.3) is 0 Å². The molecular weight excluding hydrogens is 544 g/mol. The van der Waals surface area contributed by atoms with Crippen molar-refractivity contribution in [3.8, 4) is 0 Å². The van der Waals surface area contributed by atoms with Gasteiger partial charge in [-0.3, -0.25) is 0 Å². The van der Waals surface area contributed by atoms with Crippen molar-refractivity contribution in [2.24, 2.45) is 11.8 Å². The summed E-state index contributed by atoms with van der Waals surface area (Å²) in [7, 11) is 10.2. The number of ether oxygens (including phenoxy) is 10. The lowest BCUT2D eigenvalue weighted by Gasteiger charge is -2.21. The largest absolute Gasteiger partial charge is 0.384 e. The summed E-state index contributed by atoms with van der Waals surface area (Å²) in [5, 5.41) is 0. The number of hydrogen-bond acceptors (Lipinski definition) is 10. The van der Waals surface area contributed by atoms with Crippen LogP contribution in [0.5, 0.6) is 0 Å². The molecule has 3 saturated heterocycles. The van der Waals surface area contributed by atoms with E-state index in [1.54, 1.807) is 42.7 Å². The molecule has 4 unspecified atom stereocenters. The number of rotatable bonds is 13. The molecule has 42 heavy (non-hydrogen) atoms. The molecule has 0 saturated carbocycles. The van der Waals surface area contributed by atoms with Gasteiger partial charge in [-0.1, -0.05) is 0 Å². The Labute approximate surface area is 258 Å². The van der Waals surface area contributed by atoms with Gasteiger partial charge in [-0.15, -0.1) is 0 Å². The summed E-state index contributed by atoms with van der Waals surface area (Å²) in [6, 6.07) is 0. The molecule has 3 rings (SSSR count). The van der Waals surface area contributed by atoms with Crippen molar-refractivity contribution in [3.05, 3.63) is 0 Å². The molecule has 0 aromatic heterocycles. The SMILES string of the molecule is CCOCC(C)OC.COCC(C)OC.COCC1CCCCO1.COCC1CCCOC1.COCC1CCOCC1. The molecule has 3 fully saturated rings. The van der Waals surface area contributed by atoms with E-state index in [9.17, 15) is 0 Å². The molecule has 0 amide bonds. The minimum absolute atomic E-state index is 0.227. The Kier molecular flexibility index (Phi) is 36.5. The van der Waals surface area contributed by atoms with E-state index in [0.29, 0.717) is 25.2 Å². The van der Waals surface area contributed by atoms with Crippen LogP contribution in [0, 0.1) is 11.8 Å². The second-order valence-electron chi connectivity index (χ2n) is 10.7. The average molecular weight is 613 g/mol. The second kappa shape index (κ2) is 35.1. The third kappa shape index (κ3) is 31.0. The Morgan fingerprint density at radius 1 is 0.595 bits per heavy atom. The highest BCUT2D eigenvalue weighted by Crippen LogP contribution is 2.14. The molecule has 256 valence electrons. The number of methoxy groups -OCH3 is 6. The molecule has 0 aliphatic carbocycles. The van der Waals surface area contributed by atoms with E-state index in [4.69, 9.17) is 47.4 Å². The third-order valence-corrected chi connectivity index (χ3v) is 6.79. The smallest absolute Gasteiger partial charge is 0.0808 e. The minimum Gasteiger partial charge on any atom is -0.384 e. The van der Waals surface area contributed by atoms with Crippen LogP contribution in [-0.4, -0.2) is 134 Å². The van der Waals surface area contributed by atoms with E-state index in [2.05, 4.69) is 0 Å². The maximum Gasteiger partial charge on any atom is 0.0808 e. The van der Waals surface area contributed by atoms with Gasteiger partial charge in [0.05, 0.1) is 51.3 Å². The van der Waals surface area contributed by atoms with Crippen LogP contribution in [0.2, 0.25) is 0 Å². The quantitative estimate of drug-likeness (QED) is 0.282. The molecule has 3 heterocycles. The first-order chi connectivity index (χ1) is 20.4. The summed E-state index contributed by atoms with van der Waals surface area (Å²) < 4.78 is 50.4. The highest BCUT2D eigenvalue weighted by atomic mass is 16.5. The fraction of sp³-hybridized carbons (Fsp3) is 1.00. The summed E-state index contributed by atoms with van der Waals surface area (Å²) in [5.41, 5.74) is 0. The molecule has 0 radical (unpaired) electrons. The Balaban J connectivity index is 0. The Morgan fingerprint density at radius 2 is 1.21 bits per heavy atom. The molecular formula is C32H68O10. The Bertz CT molecular complexity index is 426. The van der Waals surface area contributed by atoms with Gasteiger partial charge in [-0.05, 0) is 71.6 Å². The van der Waals surface area contributed by atoms with Crippen LogP contribution in [0.3, 0.4) is 0 Å². The van der Waals surface area contributed by atoms with Gasteiger partial charge in [-0.2, -0.15) is 0 Å². The van der Waals surface area contributed by atoms with Gasteiger partial charge in [-0.25, -0.2) is 0 Å². The highest BCUT2D eigenvalue weighted by Gasteiger charge is 2.13. The summed E-state index contributed by atoms with van der Waals surface area (Å²) >= 11 is 0. The third-order valence-electron chi connectivity index (χ3n) is 6.79. The first-order valence-corrected chi connectivity index (χ1v) is 15.8. The summed E-state index contributed by atoms with van der Waals surface area (Å²) in [6.45, 7) is 15.2. The van der Waals surface area contributed by atoms with E-state index >= 15 is 0 Å². The standard InChI is InChI=1S/3C7H14O2.C6H14O2.C5H12O2/c1-8-6-7-2-4-9-5-3-7;1-8-5-7-3-2-4-9-6-7;1-8-6-7-4-2-3-5-9-7;1-4-8-5-6(2)7-3;1-5(7-3)4-6-2/h3*7H,2-6H2,1H3;6H,4-5H2,1-3H3;5H,4H2,1-3H3. The van der Waals surface area contributed by atoms with Crippen molar-refractivity contribution in [2.45, 2.75) is 84.0 Å². The molecule has 3 aliphatic heterocycles. The summed E-state index contributed by atoms with van der Waals surface area (Å²) in [5.74, 6) is 1.41. The van der Waals surface area contributed by atoms with E-state index in [1.807, 2.05) is 20.8 Å². The maximum absolute atomic E-state index is 5.39. The molecule has 0 bridgehead atoms. The summed E-state index contributed by atoms with van der Waals surface area (Å²) in [4.78, 5) is 0. The molecule has 0 aromatic rings. The first-order valence-electron chi connectivity index (χ1n) is 15.8. The Hall–Kier alpha value is -0.400. The van der Waals surface area contributed by atoms with Crippen LogP contribution in [0.4, 0.5) is 0 Å². The zero-order chi connectivity index (χ0) is 31.7. The van der Waals surface area contributed by atoms with Gasteiger partial charge in [0.15, 0.2) is 0 Å². The lowest BCUT2D eigenvalue weighted by Crippen LogP contribution is -2.23. The molecule has 0 aromatic carbocycles. The van der Waals surface area contributed by atoms with Crippen molar-refractivity contribution in [2.75, 3.05) is 115 Å². The van der Waals surface area contributed by atoms with Crippen molar-refractivity contribution in [3.63, 3.8) is 0 Å². The number of hydrogen-bond donors (Lipinski definition) is 0. The molecule has 3 aliphatic rings. The monoisotopic (exact) mass is 612 g/mol.